The predicted molar refractivity (Wildman–Crippen MR) is 74.9 cm³/mol. The summed E-state index contributed by atoms with van der Waals surface area (Å²) in [6.45, 7) is 1.09. The summed E-state index contributed by atoms with van der Waals surface area (Å²) in [7, 11) is -0.218. The molecule has 0 aromatic carbocycles. The Labute approximate surface area is 119 Å². The SMILES string of the molecule is CNc1ncc(S(=O)(=O)NCC2(CCOC)CC2)cn1. The lowest BCUT2D eigenvalue weighted by molar-refractivity contribution is 0.173. The van der Waals surface area contributed by atoms with Gasteiger partial charge in [0, 0.05) is 27.3 Å². The van der Waals surface area contributed by atoms with Crippen molar-refractivity contribution in [3.8, 4) is 0 Å². The van der Waals surface area contributed by atoms with Crippen molar-refractivity contribution in [2.24, 2.45) is 5.41 Å². The highest BCUT2D eigenvalue weighted by atomic mass is 32.2. The fourth-order valence-corrected chi connectivity index (χ4v) is 2.97. The van der Waals surface area contributed by atoms with Gasteiger partial charge in [-0.05, 0) is 24.7 Å². The molecule has 1 heterocycles. The van der Waals surface area contributed by atoms with Gasteiger partial charge in [0.15, 0.2) is 0 Å². The number of nitrogens with one attached hydrogen (secondary N) is 2. The van der Waals surface area contributed by atoms with Crippen LogP contribution in [0.2, 0.25) is 0 Å². The van der Waals surface area contributed by atoms with Gasteiger partial charge in [0.1, 0.15) is 4.90 Å². The number of rotatable bonds is 8. The van der Waals surface area contributed by atoms with Crippen LogP contribution in [0, 0.1) is 5.41 Å². The molecule has 0 saturated heterocycles. The molecule has 0 radical (unpaired) electrons. The van der Waals surface area contributed by atoms with E-state index in [1.54, 1.807) is 14.2 Å². The normalized spacial score (nSPS) is 16.9. The van der Waals surface area contributed by atoms with E-state index in [0.29, 0.717) is 19.1 Å². The van der Waals surface area contributed by atoms with Crippen LogP contribution in [0.15, 0.2) is 17.3 Å². The summed E-state index contributed by atoms with van der Waals surface area (Å²) in [5.41, 5.74) is 0.0643. The first-order valence-electron chi connectivity index (χ1n) is 6.50. The van der Waals surface area contributed by atoms with Gasteiger partial charge in [0.25, 0.3) is 0 Å². The monoisotopic (exact) mass is 300 g/mol. The lowest BCUT2D eigenvalue weighted by Crippen LogP contribution is -2.31. The van der Waals surface area contributed by atoms with E-state index in [1.807, 2.05) is 0 Å². The molecule has 0 aliphatic heterocycles. The highest BCUT2D eigenvalue weighted by Crippen LogP contribution is 2.48. The van der Waals surface area contributed by atoms with Gasteiger partial charge >= 0.3 is 0 Å². The molecule has 8 heteroatoms. The fourth-order valence-electron chi connectivity index (χ4n) is 1.93. The third kappa shape index (κ3) is 3.65. The van der Waals surface area contributed by atoms with Gasteiger partial charge in [-0.3, -0.25) is 0 Å². The number of hydrogen-bond donors (Lipinski definition) is 2. The lowest BCUT2D eigenvalue weighted by atomic mass is 10.0. The Bertz CT molecular complexity index is 540. The van der Waals surface area contributed by atoms with Gasteiger partial charge in [-0.25, -0.2) is 23.1 Å². The Kier molecular flexibility index (Phi) is 4.56. The molecule has 0 spiro atoms. The van der Waals surface area contributed by atoms with Gasteiger partial charge in [-0.15, -0.1) is 0 Å². The number of nitrogens with zero attached hydrogens (tertiary/aromatic N) is 2. The van der Waals surface area contributed by atoms with Crippen molar-refractivity contribution in [1.82, 2.24) is 14.7 Å². The molecule has 0 bridgehead atoms. The smallest absolute Gasteiger partial charge is 0.243 e. The average Bonchev–Trinajstić information content (AvgIpc) is 3.24. The van der Waals surface area contributed by atoms with Crippen molar-refractivity contribution in [3.05, 3.63) is 12.4 Å². The van der Waals surface area contributed by atoms with Gasteiger partial charge in [-0.1, -0.05) is 0 Å². The van der Waals surface area contributed by atoms with Crippen LogP contribution in [0.1, 0.15) is 19.3 Å². The highest BCUT2D eigenvalue weighted by Gasteiger charge is 2.42. The van der Waals surface area contributed by atoms with Gasteiger partial charge < -0.3 is 10.1 Å². The molecule has 2 rings (SSSR count). The second kappa shape index (κ2) is 6.02. The summed E-state index contributed by atoms with van der Waals surface area (Å²) >= 11 is 0. The van der Waals surface area contributed by atoms with Crippen LogP contribution >= 0.6 is 0 Å². The lowest BCUT2D eigenvalue weighted by Gasteiger charge is -2.15. The molecule has 1 aromatic heterocycles. The third-order valence-electron chi connectivity index (χ3n) is 3.59. The summed E-state index contributed by atoms with van der Waals surface area (Å²) in [6, 6.07) is 0. The zero-order valence-electron chi connectivity index (χ0n) is 11.7. The maximum Gasteiger partial charge on any atom is 0.243 e. The van der Waals surface area contributed by atoms with E-state index < -0.39 is 10.0 Å². The minimum atomic E-state index is -3.55. The molecule has 0 amide bonds. The maximum absolute atomic E-state index is 12.1. The average molecular weight is 300 g/mol. The molecular weight excluding hydrogens is 280 g/mol. The molecule has 0 atom stereocenters. The predicted octanol–water partition coefficient (Wildman–Crippen LogP) is 0.613. The van der Waals surface area contributed by atoms with E-state index in [1.165, 1.54) is 12.4 Å². The number of sulfonamides is 1. The first-order valence-corrected chi connectivity index (χ1v) is 7.98. The number of methoxy groups -OCH3 is 1. The van der Waals surface area contributed by atoms with E-state index in [4.69, 9.17) is 4.74 Å². The second-order valence-electron chi connectivity index (χ2n) is 5.06. The first kappa shape index (κ1) is 15.1. The zero-order chi connectivity index (χ0) is 14.6. The summed E-state index contributed by atoms with van der Waals surface area (Å²) in [5.74, 6) is 0.391. The highest BCUT2D eigenvalue weighted by molar-refractivity contribution is 7.89. The Balaban J connectivity index is 1.97. The number of hydrogen-bond acceptors (Lipinski definition) is 6. The number of aromatic nitrogens is 2. The van der Waals surface area contributed by atoms with Crippen LogP contribution < -0.4 is 10.0 Å². The van der Waals surface area contributed by atoms with Gasteiger partial charge in [0.05, 0.1) is 12.4 Å². The molecule has 0 unspecified atom stereocenters. The van der Waals surface area contributed by atoms with E-state index in [2.05, 4.69) is 20.0 Å². The third-order valence-corrected chi connectivity index (χ3v) is 4.95. The van der Waals surface area contributed by atoms with E-state index in [9.17, 15) is 8.42 Å². The molecule has 1 fully saturated rings. The number of ether oxygens (including phenoxy) is 1. The summed E-state index contributed by atoms with van der Waals surface area (Å²) < 4.78 is 32.0. The Morgan fingerprint density at radius 1 is 1.35 bits per heavy atom. The Morgan fingerprint density at radius 3 is 2.50 bits per heavy atom. The van der Waals surface area contributed by atoms with E-state index >= 15 is 0 Å². The molecular formula is C12H20N4O3S. The Morgan fingerprint density at radius 2 is 2.00 bits per heavy atom. The second-order valence-corrected chi connectivity index (χ2v) is 6.83. The minimum absolute atomic E-state index is 0.0643. The molecule has 1 saturated carbocycles. The fraction of sp³-hybridized carbons (Fsp3) is 0.667. The van der Waals surface area contributed by atoms with Gasteiger partial charge in [-0.2, -0.15) is 0 Å². The van der Waals surface area contributed by atoms with Crippen LogP contribution in [-0.2, 0) is 14.8 Å². The molecule has 20 heavy (non-hydrogen) atoms. The van der Waals surface area contributed by atoms with Crippen LogP contribution in [0.5, 0.6) is 0 Å². The van der Waals surface area contributed by atoms with Crippen LogP contribution in [0.25, 0.3) is 0 Å². The summed E-state index contributed by atoms with van der Waals surface area (Å²) in [6.07, 6.45) is 5.55. The van der Waals surface area contributed by atoms with Gasteiger partial charge in [0.2, 0.25) is 16.0 Å². The topological polar surface area (TPSA) is 93.2 Å². The minimum Gasteiger partial charge on any atom is -0.385 e. The van der Waals surface area contributed by atoms with E-state index in [0.717, 1.165) is 19.3 Å². The van der Waals surface area contributed by atoms with Crippen molar-refractivity contribution < 1.29 is 13.2 Å². The van der Waals surface area contributed by atoms with Crippen molar-refractivity contribution in [2.75, 3.05) is 32.6 Å². The van der Waals surface area contributed by atoms with Crippen LogP contribution in [0.4, 0.5) is 5.95 Å². The Hall–Kier alpha value is -1.25. The van der Waals surface area contributed by atoms with Crippen molar-refractivity contribution in [2.45, 2.75) is 24.2 Å². The van der Waals surface area contributed by atoms with Crippen molar-refractivity contribution in [3.63, 3.8) is 0 Å². The quantitative estimate of drug-likeness (QED) is 0.731. The van der Waals surface area contributed by atoms with Crippen LogP contribution in [0.3, 0.4) is 0 Å². The first-order chi connectivity index (χ1) is 9.51. The van der Waals surface area contributed by atoms with Crippen molar-refractivity contribution >= 4 is 16.0 Å². The molecule has 2 N–H and O–H groups in total. The largest absolute Gasteiger partial charge is 0.385 e. The van der Waals surface area contributed by atoms with Crippen molar-refractivity contribution in [1.29, 1.82) is 0 Å². The molecule has 7 nitrogen and oxygen atoms in total. The maximum atomic E-state index is 12.1. The van der Waals surface area contributed by atoms with Crippen LogP contribution in [-0.4, -0.2) is 45.7 Å². The number of anilines is 1. The summed E-state index contributed by atoms with van der Waals surface area (Å²) in [4.78, 5) is 7.91. The zero-order valence-corrected chi connectivity index (χ0v) is 12.5. The molecule has 112 valence electrons. The molecule has 1 aliphatic rings. The standard InChI is InChI=1S/C12H20N4O3S/c1-13-11-14-7-10(8-15-11)20(17,18)16-9-12(3-4-12)5-6-19-2/h7-8,16H,3-6,9H2,1-2H3,(H,13,14,15). The molecule has 1 aromatic rings. The molecule has 1 aliphatic carbocycles. The summed E-state index contributed by atoms with van der Waals surface area (Å²) in [5, 5.41) is 2.74. The van der Waals surface area contributed by atoms with E-state index in [-0.39, 0.29) is 10.3 Å².